The lowest BCUT2D eigenvalue weighted by atomic mass is 10.0. The molecule has 0 aliphatic carbocycles. The Bertz CT molecular complexity index is 897. The number of nitrogens with zero attached hydrogens (tertiary/aromatic N) is 2. The van der Waals surface area contributed by atoms with Crippen LogP contribution in [0.4, 0.5) is 5.13 Å². The van der Waals surface area contributed by atoms with Crippen molar-refractivity contribution in [3.8, 4) is 0 Å². The van der Waals surface area contributed by atoms with Crippen LogP contribution < -0.4 is 11.1 Å². The molecular formula is C15H18N4O8S2. The molecule has 0 saturated carbocycles. The van der Waals surface area contributed by atoms with Gasteiger partial charge in [-0.1, -0.05) is 6.08 Å². The Morgan fingerprint density at radius 3 is 2.59 bits per heavy atom. The van der Waals surface area contributed by atoms with Gasteiger partial charge in [-0.25, -0.2) is 9.78 Å². The van der Waals surface area contributed by atoms with Gasteiger partial charge < -0.3 is 32.2 Å². The number of carbonyl (C=O) groups is 4. The molecule has 1 fully saturated rings. The molecule has 2 unspecified atom stereocenters. The van der Waals surface area contributed by atoms with Gasteiger partial charge in [-0.3, -0.25) is 19.3 Å². The van der Waals surface area contributed by atoms with E-state index in [0.717, 1.165) is 16.2 Å². The first-order valence-corrected chi connectivity index (χ1v) is 9.54. The summed E-state index contributed by atoms with van der Waals surface area (Å²) in [5.74, 6) is -3.16. The van der Waals surface area contributed by atoms with Gasteiger partial charge in [-0.05, 0) is 6.08 Å². The molecule has 1 saturated heterocycles. The van der Waals surface area contributed by atoms with Crippen molar-refractivity contribution in [2.24, 2.45) is 0 Å². The number of carbonyl (C=O) groups excluding carboxylic acids is 2. The number of fused-ring (bicyclic) bond motifs is 1. The zero-order valence-corrected chi connectivity index (χ0v) is 16.2. The summed E-state index contributed by atoms with van der Waals surface area (Å²) in [4.78, 5) is 52.1. The zero-order valence-electron chi connectivity index (χ0n) is 14.6. The Hall–Kier alpha value is -2.94. The first-order chi connectivity index (χ1) is 12.8. The van der Waals surface area contributed by atoms with Crippen LogP contribution in [-0.2, 0) is 19.2 Å². The number of rotatable bonds is 6. The van der Waals surface area contributed by atoms with Crippen LogP contribution >= 0.6 is 23.1 Å². The maximum Gasteiger partial charge on any atom is 0.352 e. The lowest BCUT2D eigenvalue weighted by molar-refractivity contribution is -0.150. The normalized spacial score (nSPS) is 20.3. The van der Waals surface area contributed by atoms with Gasteiger partial charge in [-0.2, -0.15) is 0 Å². The van der Waals surface area contributed by atoms with Gasteiger partial charge >= 0.3 is 11.9 Å². The molecule has 3 rings (SSSR count). The molecule has 158 valence electrons. The molecule has 0 bridgehead atoms. The maximum atomic E-state index is 12.6. The van der Waals surface area contributed by atoms with Crippen LogP contribution in [0, 0.1) is 0 Å². The lowest BCUT2D eigenvalue weighted by Gasteiger charge is -2.48. The number of thiazole rings is 1. The topological polar surface area (TPSA) is 226 Å². The predicted molar refractivity (Wildman–Crippen MR) is 105 cm³/mol. The standard InChI is InChI=1S/C15H14N4O6S2.2H2O/c16-15-17-7(5-27-15)6(1-2-9(20)21)11(22)18-10-12(23)19-8(14(24)25)3-4-26-13(10)19;;/h1,3,5,10,13H,2,4H2,(H2,16,17)(H,18,22)(H,20,21)(H,24,25);2*1H2/b6-1+;;. The second-order valence-electron chi connectivity index (χ2n) is 5.56. The van der Waals surface area contributed by atoms with Crippen molar-refractivity contribution in [1.82, 2.24) is 15.2 Å². The fourth-order valence-corrected chi connectivity index (χ4v) is 4.43. The number of aliphatic carboxylic acids is 2. The van der Waals surface area contributed by atoms with E-state index in [9.17, 15) is 19.2 Å². The van der Waals surface area contributed by atoms with E-state index in [-0.39, 0.29) is 33.0 Å². The molecule has 1 aromatic heterocycles. The van der Waals surface area contributed by atoms with Crippen molar-refractivity contribution in [2.45, 2.75) is 17.8 Å². The number of nitrogen functional groups attached to an aromatic ring is 1. The minimum absolute atomic E-state index is 0. The summed E-state index contributed by atoms with van der Waals surface area (Å²) in [6.07, 6.45) is 2.23. The van der Waals surface area contributed by atoms with Gasteiger partial charge in [0.05, 0.1) is 17.7 Å². The second-order valence-corrected chi connectivity index (χ2v) is 7.60. The van der Waals surface area contributed by atoms with Crippen LogP contribution in [0.15, 0.2) is 23.2 Å². The SMILES string of the molecule is Nc1nc(/C(=C\CC(=O)O)C(=O)NC2C(=O)N3C(C(=O)O)=CCSC23)cs1.O.O. The molecule has 0 radical (unpaired) electrons. The average molecular weight is 446 g/mol. The average Bonchev–Trinajstić information content (AvgIpc) is 3.04. The Morgan fingerprint density at radius 2 is 2.03 bits per heavy atom. The van der Waals surface area contributed by atoms with Crippen LogP contribution in [0.25, 0.3) is 5.57 Å². The smallest absolute Gasteiger partial charge is 0.352 e. The van der Waals surface area contributed by atoms with Crippen LogP contribution in [-0.4, -0.2) is 72.0 Å². The fraction of sp³-hybridized carbons (Fsp3) is 0.267. The Labute approximate surface area is 171 Å². The molecule has 0 spiro atoms. The van der Waals surface area contributed by atoms with E-state index in [1.807, 2.05) is 0 Å². The van der Waals surface area contributed by atoms with E-state index in [1.165, 1.54) is 29.3 Å². The molecule has 3 heterocycles. The number of β-lactam (4-membered cyclic amide) rings is 1. The van der Waals surface area contributed by atoms with Gasteiger partial charge in [0.1, 0.15) is 17.1 Å². The van der Waals surface area contributed by atoms with Crippen molar-refractivity contribution < 1.29 is 40.3 Å². The van der Waals surface area contributed by atoms with E-state index < -0.39 is 41.6 Å². The Morgan fingerprint density at radius 1 is 1.34 bits per heavy atom. The van der Waals surface area contributed by atoms with Crippen molar-refractivity contribution in [2.75, 3.05) is 11.5 Å². The summed E-state index contributed by atoms with van der Waals surface area (Å²) in [7, 11) is 0. The Kier molecular flexibility index (Phi) is 7.90. The van der Waals surface area contributed by atoms with Gasteiger partial charge in [0.15, 0.2) is 5.13 Å². The summed E-state index contributed by atoms with van der Waals surface area (Å²) in [5, 5.41) is 21.8. The number of amides is 2. The second kappa shape index (κ2) is 9.51. The number of nitrogens with two attached hydrogens (primary N) is 1. The number of aromatic nitrogens is 1. The van der Waals surface area contributed by atoms with E-state index >= 15 is 0 Å². The minimum Gasteiger partial charge on any atom is -0.481 e. The third-order valence-corrected chi connectivity index (χ3v) is 5.73. The number of anilines is 1. The van der Waals surface area contributed by atoms with Crippen LogP contribution in [0.3, 0.4) is 0 Å². The largest absolute Gasteiger partial charge is 0.481 e. The predicted octanol–water partition coefficient (Wildman–Crippen LogP) is -1.70. The zero-order chi connectivity index (χ0) is 19.7. The highest BCUT2D eigenvalue weighted by Crippen LogP contribution is 2.37. The van der Waals surface area contributed by atoms with Crippen molar-refractivity contribution >= 4 is 57.6 Å². The highest BCUT2D eigenvalue weighted by atomic mass is 32.2. The van der Waals surface area contributed by atoms with E-state index in [2.05, 4.69) is 10.3 Å². The molecule has 2 aliphatic rings. The van der Waals surface area contributed by atoms with E-state index in [0.29, 0.717) is 5.75 Å². The van der Waals surface area contributed by atoms with E-state index in [1.54, 1.807) is 0 Å². The van der Waals surface area contributed by atoms with E-state index in [4.69, 9.17) is 15.9 Å². The number of thioether (sulfide) groups is 1. The number of carboxylic acid groups (broad SMARTS) is 2. The molecule has 2 amide bonds. The van der Waals surface area contributed by atoms with Gasteiger partial charge in [0.25, 0.3) is 11.8 Å². The first kappa shape index (κ1) is 24.1. The summed E-state index contributed by atoms with van der Waals surface area (Å²) in [5.41, 5.74) is 5.66. The number of hydrogen-bond acceptors (Lipinski definition) is 8. The third-order valence-electron chi connectivity index (χ3n) is 3.88. The van der Waals surface area contributed by atoms with Gasteiger partial charge in [0.2, 0.25) is 0 Å². The molecule has 1 aromatic rings. The molecule has 12 nitrogen and oxygen atoms in total. The molecule has 14 heteroatoms. The number of nitrogens with one attached hydrogen (secondary N) is 1. The van der Waals surface area contributed by atoms with Crippen molar-refractivity contribution in [1.29, 1.82) is 0 Å². The molecule has 9 N–H and O–H groups in total. The van der Waals surface area contributed by atoms with Crippen molar-refractivity contribution in [3.05, 3.63) is 28.9 Å². The fourth-order valence-electron chi connectivity index (χ4n) is 2.67. The Balaban J connectivity index is 0.00000210. The lowest BCUT2D eigenvalue weighted by Crippen LogP contribution is -2.70. The summed E-state index contributed by atoms with van der Waals surface area (Å²) < 4.78 is 0. The van der Waals surface area contributed by atoms with Crippen molar-refractivity contribution in [3.63, 3.8) is 0 Å². The minimum atomic E-state index is -1.21. The maximum absolute atomic E-state index is 12.6. The van der Waals surface area contributed by atoms with Crippen LogP contribution in [0.2, 0.25) is 0 Å². The molecule has 2 aliphatic heterocycles. The highest BCUT2D eigenvalue weighted by molar-refractivity contribution is 8.00. The molecule has 0 aromatic carbocycles. The van der Waals surface area contributed by atoms with Gasteiger partial charge in [0, 0.05) is 11.1 Å². The van der Waals surface area contributed by atoms with Crippen LogP contribution in [0.1, 0.15) is 12.1 Å². The first-order valence-electron chi connectivity index (χ1n) is 7.62. The summed E-state index contributed by atoms with van der Waals surface area (Å²) >= 11 is 2.41. The van der Waals surface area contributed by atoms with Crippen LogP contribution in [0.5, 0.6) is 0 Å². The highest BCUT2D eigenvalue weighted by Gasteiger charge is 2.52. The monoisotopic (exact) mass is 446 g/mol. The van der Waals surface area contributed by atoms with Gasteiger partial charge in [-0.15, -0.1) is 23.1 Å². The summed E-state index contributed by atoms with van der Waals surface area (Å²) in [6, 6.07) is -0.908. The number of hydrogen-bond donors (Lipinski definition) is 4. The summed E-state index contributed by atoms with van der Waals surface area (Å²) in [6.45, 7) is 0. The molecule has 2 atom stereocenters. The molecule has 29 heavy (non-hydrogen) atoms. The number of carboxylic acids is 2. The third kappa shape index (κ3) is 4.73. The molecular weight excluding hydrogens is 428 g/mol. The quantitative estimate of drug-likeness (QED) is 0.288.